The summed E-state index contributed by atoms with van der Waals surface area (Å²) < 4.78 is 5.33. The third-order valence-corrected chi connectivity index (χ3v) is 6.53. The minimum atomic E-state index is -1.68. The highest BCUT2D eigenvalue weighted by Gasteiger charge is 2.62. The SMILES string of the molecule is CC(C)(C)OC(=O)NC1CCCCC/C=C\C2CC2(C(=O)O)NC(=O)C2(N)CCCN2C1=O. The third-order valence-electron chi connectivity index (χ3n) is 6.53. The minimum absolute atomic E-state index is 0.208. The number of carbonyl (C=O) groups is 4. The summed E-state index contributed by atoms with van der Waals surface area (Å²) in [4.78, 5) is 52.4. The highest BCUT2D eigenvalue weighted by Crippen LogP contribution is 2.45. The predicted octanol–water partition coefficient (Wildman–Crippen LogP) is 1.64. The first kappa shape index (κ1) is 25.0. The molecule has 0 radical (unpaired) electrons. The van der Waals surface area contributed by atoms with Gasteiger partial charge in [-0.25, -0.2) is 9.59 Å². The Hall–Kier alpha value is -2.62. The number of nitrogens with one attached hydrogen (secondary N) is 2. The number of nitrogens with two attached hydrogens (primary N) is 1. The Kier molecular flexibility index (Phi) is 7.07. The lowest BCUT2D eigenvalue weighted by Crippen LogP contribution is -2.68. The summed E-state index contributed by atoms with van der Waals surface area (Å²) in [5.74, 6) is -2.56. The van der Waals surface area contributed by atoms with Gasteiger partial charge in [-0.1, -0.05) is 25.0 Å². The van der Waals surface area contributed by atoms with Crippen molar-refractivity contribution in [1.82, 2.24) is 15.5 Å². The molecule has 10 heteroatoms. The van der Waals surface area contributed by atoms with Gasteiger partial charge in [-0.05, 0) is 59.3 Å². The molecule has 33 heavy (non-hydrogen) atoms. The molecule has 2 fully saturated rings. The van der Waals surface area contributed by atoms with Gasteiger partial charge < -0.3 is 31.1 Å². The maximum atomic E-state index is 13.5. The van der Waals surface area contributed by atoms with E-state index in [0.717, 1.165) is 19.3 Å². The van der Waals surface area contributed by atoms with Crippen LogP contribution in [0.15, 0.2) is 12.2 Å². The molecule has 10 nitrogen and oxygen atoms in total. The van der Waals surface area contributed by atoms with Crippen LogP contribution in [0.2, 0.25) is 0 Å². The Bertz CT molecular complexity index is 837. The first-order valence-corrected chi connectivity index (χ1v) is 11.7. The molecule has 184 valence electrons. The standard InChI is InChI=1S/C23H36N4O6/c1-21(2,3)33-20(32)25-16-11-8-6-4-5-7-10-15-14-22(15,19(30)31)26-18(29)23(24)12-9-13-27(23)17(16)28/h7,10,15-16H,4-6,8-9,11-14,24H2,1-3H3,(H,25,32)(H,26,29)(H,30,31)/b10-7-. The van der Waals surface area contributed by atoms with E-state index in [1.165, 1.54) is 4.90 Å². The van der Waals surface area contributed by atoms with Gasteiger partial charge in [0.1, 0.15) is 17.2 Å². The Morgan fingerprint density at radius 1 is 1.24 bits per heavy atom. The summed E-state index contributed by atoms with van der Waals surface area (Å²) in [5.41, 5.74) is 2.65. The first-order chi connectivity index (χ1) is 15.4. The van der Waals surface area contributed by atoms with Crippen molar-refractivity contribution in [2.45, 2.75) is 95.0 Å². The number of carbonyl (C=O) groups excluding carboxylic acids is 3. The fourth-order valence-electron chi connectivity index (χ4n) is 4.60. The average molecular weight is 465 g/mol. The molecule has 0 aromatic rings. The molecule has 3 rings (SSSR count). The van der Waals surface area contributed by atoms with Gasteiger partial charge in [0, 0.05) is 12.5 Å². The van der Waals surface area contributed by atoms with Crippen LogP contribution in [0.25, 0.3) is 0 Å². The van der Waals surface area contributed by atoms with Gasteiger partial charge in [0.05, 0.1) is 0 Å². The summed E-state index contributed by atoms with van der Waals surface area (Å²) in [6.07, 6.45) is 7.64. The van der Waals surface area contributed by atoms with E-state index >= 15 is 0 Å². The van der Waals surface area contributed by atoms with Crippen molar-refractivity contribution in [2.75, 3.05) is 6.54 Å². The summed E-state index contributed by atoms with van der Waals surface area (Å²) in [5, 5.41) is 15.1. The number of carboxylic acids is 1. The van der Waals surface area contributed by atoms with E-state index in [-0.39, 0.29) is 25.3 Å². The van der Waals surface area contributed by atoms with Crippen LogP contribution in [0.4, 0.5) is 4.79 Å². The lowest BCUT2D eigenvalue weighted by atomic mass is 10.0. The molecule has 5 N–H and O–H groups in total. The van der Waals surface area contributed by atoms with Gasteiger partial charge in [0.15, 0.2) is 5.66 Å². The molecule has 2 heterocycles. The van der Waals surface area contributed by atoms with Gasteiger partial charge in [-0.2, -0.15) is 0 Å². The number of ether oxygens (including phenoxy) is 1. The molecule has 2 aliphatic heterocycles. The zero-order chi connectivity index (χ0) is 24.4. The number of amides is 3. The molecule has 0 spiro atoms. The lowest BCUT2D eigenvalue weighted by molar-refractivity contribution is -0.150. The average Bonchev–Trinajstić information content (AvgIpc) is 3.25. The molecule has 4 atom stereocenters. The number of aliphatic carboxylic acids is 1. The molecular formula is C23H36N4O6. The molecule has 3 aliphatic rings. The number of nitrogens with zero attached hydrogens (tertiary/aromatic N) is 1. The Balaban J connectivity index is 1.86. The van der Waals surface area contributed by atoms with Crippen molar-refractivity contribution in [3.63, 3.8) is 0 Å². The number of fused-ring (bicyclic) bond motifs is 2. The molecule has 0 bridgehead atoms. The molecule has 1 saturated carbocycles. The van der Waals surface area contributed by atoms with Gasteiger partial charge in [0.25, 0.3) is 5.91 Å². The number of hydrogen-bond acceptors (Lipinski definition) is 6. The predicted molar refractivity (Wildman–Crippen MR) is 120 cm³/mol. The van der Waals surface area contributed by atoms with E-state index in [1.807, 2.05) is 12.2 Å². The third kappa shape index (κ3) is 5.48. The van der Waals surface area contributed by atoms with Crippen LogP contribution in [0.3, 0.4) is 0 Å². The molecule has 1 saturated heterocycles. The summed E-state index contributed by atoms with van der Waals surface area (Å²) in [6.45, 7) is 5.45. The Labute approximate surface area is 194 Å². The zero-order valence-corrected chi connectivity index (χ0v) is 19.7. The largest absolute Gasteiger partial charge is 0.479 e. The molecule has 0 aromatic carbocycles. The van der Waals surface area contributed by atoms with Crippen LogP contribution in [0.5, 0.6) is 0 Å². The maximum absolute atomic E-state index is 13.5. The minimum Gasteiger partial charge on any atom is -0.479 e. The smallest absolute Gasteiger partial charge is 0.408 e. The van der Waals surface area contributed by atoms with E-state index < -0.39 is 46.7 Å². The highest BCUT2D eigenvalue weighted by atomic mass is 16.6. The van der Waals surface area contributed by atoms with Crippen molar-refractivity contribution in [2.24, 2.45) is 11.7 Å². The molecule has 4 unspecified atom stereocenters. The topological polar surface area (TPSA) is 151 Å². The second-order valence-corrected chi connectivity index (χ2v) is 10.3. The molecular weight excluding hydrogens is 428 g/mol. The van der Waals surface area contributed by atoms with Gasteiger partial charge in [-0.3, -0.25) is 9.59 Å². The second-order valence-electron chi connectivity index (χ2n) is 10.3. The summed E-state index contributed by atoms with van der Waals surface area (Å²) in [7, 11) is 0. The van der Waals surface area contributed by atoms with Crippen LogP contribution < -0.4 is 16.4 Å². The van der Waals surface area contributed by atoms with Crippen LogP contribution in [-0.4, -0.2) is 63.3 Å². The van der Waals surface area contributed by atoms with Crippen molar-refractivity contribution in [3.05, 3.63) is 12.2 Å². The Morgan fingerprint density at radius 2 is 1.97 bits per heavy atom. The number of rotatable bonds is 2. The van der Waals surface area contributed by atoms with E-state index in [1.54, 1.807) is 20.8 Å². The second kappa shape index (κ2) is 9.32. The van der Waals surface area contributed by atoms with Gasteiger partial charge >= 0.3 is 12.1 Å². The van der Waals surface area contributed by atoms with E-state index in [0.29, 0.717) is 19.3 Å². The first-order valence-electron chi connectivity index (χ1n) is 11.7. The highest BCUT2D eigenvalue weighted by molar-refractivity contribution is 5.98. The number of alkyl carbamates (subject to hydrolysis) is 1. The zero-order valence-electron chi connectivity index (χ0n) is 19.7. The molecule has 0 aromatic heterocycles. The maximum Gasteiger partial charge on any atom is 0.408 e. The van der Waals surface area contributed by atoms with Crippen LogP contribution in [0.1, 0.15) is 72.1 Å². The fourth-order valence-corrected chi connectivity index (χ4v) is 4.60. The summed E-state index contributed by atoms with van der Waals surface area (Å²) in [6, 6.07) is -0.892. The Morgan fingerprint density at radius 3 is 2.64 bits per heavy atom. The quantitative estimate of drug-likeness (QED) is 0.453. The molecule has 1 aliphatic carbocycles. The van der Waals surface area contributed by atoms with Crippen molar-refractivity contribution >= 4 is 23.9 Å². The normalized spacial score (nSPS) is 34.1. The van der Waals surface area contributed by atoms with E-state index in [2.05, 4.69) is 10.6 Å². The lowest BCUT2D eigenvalue weighted by Gasteiger charge is -2.37. The van der Waals surface area contributed by atoms with Crippen molar-refractivity contribution < 1.29 is 29.0 Å². The van der Waals surface area contributed by atoms with Gasteiger partial charge in [0.2, 0.25) is 5.91 Å². The van der Waals surface area contributed by atoms with Gasteiger partial charge in [-0.15, -0.1) is 0 Å². The number of carboxylic acid groups (broad SMARTS) is 1. The van der Waals surface area contributed by atoms with E-state index in [4.69, 9.17) is 10.5 Å². The number of hydrogen-bond donors (Lipinski definition) is 4. The van der Waals surface area contributed by atoms with E-state index in [9.17, 15) is 24.3 Å². The van der Waals surface area contributed by atoms with Crippen molar-refractivity contribution in [3.8, 4) is 0 Å². The fraction of sp³-hybridized carbons (Fsp3) is 0.739. The number of allylic oxidation sites excluding steroid dienone is 1. The molecule has 3 amide bonds. The van der Waals surface area contributed by atoms with Crippen LogP contribution in [0, 0.1) is 5.92 Å². The van der Waals surface area contributed by atoms with Crippen LogP contribution in [-0.2, 0) is 19.1 Å². The van der Waals surface area contributed by atoms with Crippen LogP contribution >= 0.6 is 0 Å². The monoisotopic (exact) mass is 464 g/mol. The van der Waals surface area contributed by atoms with Crippen molar-refractivity contribution in [1.29, 1.82) is 0 Å². The summed E-state index contributed by atoms with van der Waals surface area (Å²) >= 11 is 0.